The molecule has 2 N–H and O–H groups in total. The Kier molecular flexibility index (Phi) is 3.33. The molecule has 88 valence electrons. The zero-order valence-corrected chi connectivity index (χ0v) is 9.98. The van der Waals surface area contributed by atoms with Crippen LogP contribution in [0, 0.1) is 5.92 Å². The molecular weight excluding hydrogens is 202 g/mol. The van der Waals surface area contributed by atoms with E-state index in [-0.39, 0.29) is 0 Å². The number of hydrogen-bond acceptors (Lipinski definition) is 5. The van der Waals surface area contributed by atoms with Gasteiger partial charge >= 0.3 is 0 Å². The predicted octanol–water partition coefficient (Wildman–Crippen LogP) is 0.391. The lowest BCUT2D eigenvalue weighted by Crippen LogP contribution is -2.50. The highest BCUT2D eigenvalue weighted by molar-refractivity contribution is 5.34. The first-order valence-corrected chi connectivity index (χ1v) is 5.95. The second-order valence-electron chi connectivity index (χ2n) is 4.22. The molecule has 1 fully saturated rings. The van der Waals surface area contributed by atoms with E-state index in [1.165, 1.54) is 0 Å². The number of aryl methyl sites for hydroxylation is 2. The zero-order chi connectivity index (χ0) is 11.5. The summed E-state index contributed by atoms with van der Waals surface area (Å²) in [5.74, 6) is 1.36. The summed E-state index contributed by atoms with van der Waals surface area (Å²) in [6.45, 7) is 6.86. The Morgan fingerprint density at radius 2 is 1.88 bits per heavy atom. The number of nitrogens with two attached hydrogens (primary N) is 1. The molecule has 1 aromatic rings. The van der Waals surface area contributed by atoms with E-state index in [0.29, 0.717) is 5.92 Å². The van der Waals surface area contributed by atoms with Crippen molar-refractivity contribution in [1.29, 1.82) is 0 Å². The van der Waals surface area contributed by atoms with Crippen LogP contribution in [0.2, 0.25) is 0 Å². The van der Waals surface area contributed by atoms with E-state index in [1.54, 1.807) is 0 Å². The highest BCUT2D eigenvalue weighted by Crippen LogP contribution is 2.20. The first-order chi connectivity index (χ1) is 7.78. The molecule has 0 aromatic carbocycles. The maximum absolute atomic E-state index is 5.59. The molecule has 5 heteroatoms. The third-order valence-corrected chi connectivity index (χ3v) is 3.07. The highest BCUT2D eigenvalue weighted by atomic mass is 15.3. The summed E-state index contributed by atoms with van der Waals surface area (Å²) >= 11 is 0. The summed E-state index contributed by atoms with van der Waals surface area (Å²) in [6.07, 6.45) is 1.81. The Morgan fingerprint density at radius 1 is 1.19 bits per heavy atom. The molecule has 2 heterocycles. The van der Waals surface area contributed by atoms with Gasteiger partial charge in [-0.05, 0) is 19.4 Å². The molecule has 2 rings (SSSR count). The summed E-state index contributed by atoms with van der Waals surface area (Å²) in [5.41, 5.74) is 7.68. The van der Waals surface area contributed by atoms with Gasteiger partial charge in [0.1, 0.15) is 0 Å². The fraction of sp³-hybridized carbons (Fsp3) is 0.727. The van der Waals surface area contributed by atoms with E-state index >= 15 is 0 Å². The minimum atomic E-state index is 0.597. The van der Waals surface area contributed by atoms with Gasteiger partial charge in [-0.15, -0.1) is 5.10 Å². The quantitative estimate of drug-likeness (QED) is 0.796. The predicted molar refractivity (Wildman–Crippen MR) is 63.3 cm³/mol. The van der Waals surface area contributed by atoms with E-state index in [1.807, 2.05) is 0 Å². The van der Waals surface area contributed by atoms with E-state index < -0.39 is 0 Å². The van der Waals surface area contributed by atoms with Gasteiger partial charge in [-0.1, -0.05) is 13.8 Å². The minimum absolute atomic E-state index is 0.597. The SMILES string of the molecule is CCc1nnc(N2CC(CN)C2)nc1CC. The molecule has 1 aliphatic heterocycles. The van der Waals surface area contributed by atoms with Crippen molar-refractivity contribution in [3.63, 3.8) is 0 Å². The highest BCUT2D eigenvalue weighted by Gasteiger charge is 2.28. The second kappa shape index (κ2) is 4.74. The Balaban J connectivity index is 2.11. The molecule has 0 saturated carbocycles. The Labute approximate surface area is 96.1 Å². The van der Waals surface area contributed by atoms with E-state index in [0.717, 1.165) is 49.8 Å². The summed E-state index contributed by atoms with van der Waals surface area (Å²) in [6, 6.07) is 0. The average Bonchev–Trinajstić information content (AvgIpc) is 2.27. The lowest BCUT2D eigenvalue weighted by atomic mass is 10.0. The fourth-order valence-electron chi connectivity index (χ4n) is 1.94. The standard InChI is InChI=1S/C11H19N5/c1-3-9-10(4-2)14-15-11(13-9)16-6-8(5-12)7-16/h8H,3-7,12H2,1-2H3. The Hall–Kier alpha value is -1.23. The summed E-state index contributed by atoms with van der Waals surface area (Å²) in [7, 11) is 0. The van der Waals surface area contributed by atoms with Gasteiger partial charge in [0.15, 0.2) is 0 Å². The van der Waals surface area contributed by atoms with Gasteiger partial charge in [0, 0.05) is 19.0 Å². The van der Waals surface area contributed by atoms with E-state index in [4.69, 9.17) is 5.73 Å². The molecular formula is C11H19N5. The van der Waals surface area contributed by atoms with Crippen molar-refractivity contribution >= 4 is 5.95 Å². The summed E-state index contributed by atoms with van der Waals surface area (Å²) in [4.78, 5) is 6.71. The smallest absolute Gasteiger partial charge is 0.245 e. The third kappa shape index (κ3) is 2.00. The first kappa shape index (κ1) is 11.3. The average molecular weight is 221 g/mol. The lowest BCUT2D eigenvalue weighted by Gasteiger charge is -2.38. The first-order valence-electron chi connectivity index (χ1n) is 5.95. The topological polar surface area (TPSA) is 67.9 Å². The number of rotatable bonds is 4. The normalized spacial score (nSPS) is 16.3. The molecule has 16 heavy (non-hydrogen) atoms. The zero-order valence-electron chi connectivity index (χ0n) is 9.98. The van der Waals surface area contributed by atoms with Crippen LogP contribution in [0.3, 0.4) is 0 Å². The number of nitrogens with zero attached hydrogens (tertiary/aromatic N) is 4. The number of aromatic nitrogens is 3. The van der Waals surface area contributed by atoms with Crippen LogP contribution in [0.5, 0.6) is 0 Å². The molecule has 0 spiro atoms. The van der Waals surface area contributed by atoms with Gasteiger partial charge in [0.05, 0.1) is 11.4 Å². The minimum Gasteiger partial charge on any atom is -0.339 e. The van der Waals surface area contributed by atoms with Crippen molar-refractivity contribution in [2.45, 2.75) is 26.7 Å². The van der Waals surface area contributed by atoms with Crippen molar-refractivity contribution in [3.05, 3.63) is 11.4 Å². The lowest BCUT2D eigenvalue weighted by molar-refractivity contribution is 0.411. The van der Waals surface area contributed by atoms with Crippen molar-refractivity contribution in [2.24, 2.45) is 11.7 Å². The van der Waals surface area contributed by atoms with Crippen LogP contribution in [0.25, 0.3) is 0 Å². The molecule has 0 amide bonds. The van der Waals surface area contributed by atoms with Gasteiger partial charge in [-0.25, -0.2) is 4.98 Å². The van der Waals surface area contributed by atoms with Crippen molar-refractivity contribution in [2.75, 3.05) is 24.5 Å². The molecule has 0 aliphatic carbocycles. The number of anilines is 1. The number of hydrogen-bond donors (Lipinski definition) is 1. The Morgan fingerprint density at radius 3 is 2.44 bits per heavy atom. The van der Waals surface area contributed by atoms with Crippen LogP contribution >= 0.6 is 0 Å². The van der Waals surface area contributed by atoms with E-state index in [9.17, 15) is 0 Å². The summed E-state index contributed by atoms with van der Waals surface area (Å²) < 4.78 is 0. The van der Waals surface area contributed by atoms with Crippen LogP contribution in [0.1, 0.15) is 25.2 Å². The second-order valence-corrected chi connectivity index (χ2v) is 4.22. The van der Waals surface area contributed by atoms with Gasteiger partial charge in [-0.3, -0.25) is 0 Å². The maximum Gasteiger partial charge on any atom is 0.245 e. The van der Waals surface area contributed by atoms with Crippen LogP contribution < -0.4 is 10.6 Å². The van der Waals surface area contributed by atoms with Crippen LogP contribution in [-0.4, -0.2) is 34.8 Å². The van der Waals surface area contributed by atoms with Crippen molar-refractivity contribution in [1.82, 2.24) is 15.2 Å². The van der Waals surface area contributed by atoms with Crippen molar-refractivity contribution < 1.29 is 0 Å². The fourth-order valence-corrected chi connectivity index (χ4v) is 1.94. The Bertz CT molecular complexity index is 359. The molecule has 0 atom stereocenters. The molecule has 1 aromatic heterocycles. The molecule has 0 bridgehead atoms. The molecule has 5 nitrogen and oxygen atoms in total. The maximum atomic E-state index is 5.59. The molecule has 0 unspecified atom stereocenters. The van der Waals surface area contributed by atoms with Gasteiger partial charge in [0.25, 0.3) is 0 Å². The molecule has 1 aliphatic rings. The third-order valence-electron chi connectivity index (χ3n) is 3.07. The van der Waals surface area contributed by atoms with Gasteiger partial charge < -0.3 is 10.6 Å². The van der Waals surface area contributed by atoms with Gasteiger partial charge in [0.2, 0.25) is 5.95 Å². The molecule has 1 saturated heterocycles. The van der Waals surface area contributed by atoms with Gasteiger partial charge in [-0.2, -0.15) is 5.10 Å². The molecule has 0 radical (unpaired) electrons. The van der Waals surface area contributed by atoms with Crippen LogP contribution in [-0.2, 0) is 12.8 Å². The van der Waals surface area contributed by atoms with Crippen molar-refractivity contribution in [3.8, 4) is 0 Å². The van der Waals surface area contributed by atoms with Crippen LogP contribution in [0.4, 0.5) is 5.95 Å². The summed E-state index contributed by atoms with van der Waals surface area (Å²) in [5, 5.41) is 8.41. The van der Waals surface area contributed by atoms with E-state index in [2.05, 4.69) is 33.9 Å². The largest absolute Gasteiger partial charge is 0.339 e. The van der Waals surface area contributed by atoms with Crippen LogP contribution in [0.15, 0.2) is 0 Å². The monoisotopic (exact) mass is 221 g/mol.